The highest BCUT2D eigenvalue weighted by Crippen LogP contribution is 2.31. The van der Waals surface area contributed by atoms with Crippen LogP contribution in [-0.4, -0.2) is 59.0 Å². The molecule has 0 bridgehead atoms. The number of ether oxygens (including phenoxy) is 1. The summed E-state index contributed by atoms with van der Waals surface area (Å²) < 4.78 is 5.89. The Labute approximate surface area is 171 Å². The van der Waals surface area contributed by atoms with Gasteiger partial charge in [0.1, 0.15) is 5.82 Å². The molecule has 1 saturated heterocycles. The molecule has 0 aliphatic carbocycles. The van der Waals surface area contributed by atoms with Gasteiger partial charge in [0.2, 0.25) is 0 Å². The highest BCUT2D eigenvalue weighted by atomic mass is 16.5. The Hall–Kier alpha value is -2.31. The third-order valence-corrected chi connectivity index (χ3v) is 6.47. The second kappa shape index (κ2) is 7.84. The third kappa shape index (κ3) is 3.67. The molecule has 29 heavy (non-hydrogen) atoms. The Kier molecular flexibility index (Phi) is 5.06. The van der Waals surface area contributed by atoms with E-state index in [4.69, 9.17) is 9.72 Å². The Morgan fingerprint density at radius 2 is 2.07 bits per heavy atom. The zero-order chi connectivity index (χ0) is 19.8. The summed E-state index contributed by atoms with van der Waals surface area (Å²) in [6.07, 6.45) is 5.48. The molecule has 1 aromatic heterocycles. The molecular formula is C23H28N4O2. The lowest BCUT2D eigenvalue weighted by atomic mass is 9.95. The van der Waals surface area contributed by atoms with Gasteiger partial charge in [-0.15, -0.1) is 0 Å². The number of likely N-dealkylation sites (N-methyl/N-ethyl adjacent to an activating group) is 1. The number of carbonyl (C=O) groups is 1. The van der Waals surface area contributed by atoms with E-state index in [1.54, 1.807) is 0 Å². The summed E-state index contributed by atoms with van der Waals surface area (Å²) in [7, 11) is 2.17. The van der Waals surface area contributed by atoms with Crippen molar-refractivity contribution < 1.29 is 9.53 Å². The molecule has 1 aromatic carbocycles. The normalized spacial score (nSPS) is 24.7. The van der Waals surface area contributed by atoms with Gasteiger partial charge in [0, 0.05) is 43.7 Å². The number of carbonyl (C=O) groups excluding carboxylic acids is 1. The van der Waals surface area contributed by atoms with Gasteiger partial charge in [-0.3, -0.25) is 4.79 Å². The minimum absolute atomic E-state index is 0.0563. The highest BCUT2D eigenvalue weighted by molar-refractivity contribution is 5.83. The summed E-state index contributed by atoms with van der Waals surface area (Å²) in [4.78, 5) is 27.1. The van der Waals surface area contributed by atoms with Crippen LogP contribution in [0.25, 0.3) is 0 Å². The maximum absolute atomic E-state index is 13.2. The van der Waals surface area contributed by atoms with Gasteiger partial charge in [-0.25, -0.2) is 9.97 Å². The molecule has 0 radical (unpaired) electrons. The third-order valence-electron chi connectivity index (χ3n) is 6.47. The summed E-state index contributed by atoms with van der Waals surface area (Å²) in [5.74, 6) is 1.45. The summed E-state index contributed by atoms with van der Waals surface area (Å²) in [6, 6.07) is 8.13. The van der Waals surface area contributed by atoms with Crippen molar-refractivity contribution in [3.63, 3.8) is 0 Å². The predicted octanol–water partition coefficient (Wildman–Crippen LogP) is 2.48. The standard InChI is InChI=1S/C23H28N4O2/c1-26-10-4-6-17(14-26)22-24-13-18-15-27(11-8-20(18)25-22)23(28)21-19-7-3-2-5-16(19)9-12-29-21/h2-3,5,7,13,17,21H,4,6,8-12,14-15H2,1H3/t17-,21-/m1/s1. The van der Waals surface area contributed by atoms with E-state index < -0.39 is 6.10 Å². The molecule has 0 saturated carbocycles. The first kappa shape index (κ1) is 18.7. The monoisotopic (exact) mass is 392 g/mol. The molecule has 5 rings (SSSR count). The molecule has 6 nitrogen and oxygen atoms in total. The van der Waals surface area contributed by atoms with E-state index in [0.29, 0.717) is 25.6 Å². The van der Waals surface area contributed by atoms with E-state index in [-0.39, 0.29) is 5.91 Å². The van der Waals surface area contributed by atoms with Crippen LogP contribution in [0.15, 0.2) is 30.5 Å². The Morgan fingerprint density at radius 1 is 1.17 bits per heavy atom. The molecule has 3 aliphatic heterocycles. The molecule has 0 unspecified atom stereocenters. The van der Waals surface area contributed by atoms with Gasteiger partial charge < -0.3 is 14.5 Å². The number of piperidine rings is 1. The average Bonchev–Trinajstić information content (AvgIpc) is 2.77. The second-order valence-electron chi connectivity index (χ2n) is 8.51. The number of likely N-dealkylation sites (tertiary alicyclic amines) is 1. The lowest BCUT2D eigenvalue weighted by Gasteiger charge is -2.34. The average molecular weight is 393 g/mol. The summed E-state index contributed by atoms with van der Waals surface area (Å²) >= 11 is 0. The van der Waals surface area contributed by atoms with E-state index >= 15 is 0 Å². The summed E-state index contributed by atoms with van der Waals surface area (Å²) in [5, 5.41) is 0. The highest BCUT2D eigenvalue weighted by Gasteiger charge is 2.33. The molecule has 1 amide bonds. The molecule has 0 spiro atoms. The van der Waals surface area contributed by atoms with Gasteiger partial charge in [0.25, 0.3) is 5.91 Å². The fourth-order valence-corrected chi connectivity index (χ4v) is 4.86. The Balaban J connectivity index is 1.32. The lowest BCUT2D eigenvalue weighted by Crippen LogP contribution is -2.41. The maximum atomic E-state index is 13.2. The largest absolute Gasteiger partial charge is 0.363 e. The fraction of sp³-hybridized carbons (Fsp3) is 0.522. The number of benzene rings is 1. The van der Waals surface area contributed by atoms with E-state index in [9.17, 15) is 4.79 Å². The topological polar surface area (TPSA) is 58.6 Å². The number of rotatable bonds is 2. The van der Waals surface area contributed by atoms with Crippen molar-refractivity contribution in [2.75, 3.05) is 33.3 Å². The number of hydrogen-bond acceptors (Lipinski definition) is 5. The number of aromatic nitrogens is 2. The van der Waals surface area contributed by atoms with E-state index in [0.717, 1.165) is 55.0 Å². The van der Waals surface area contributed by atoms with Crippen molar-refractivity contribution in [2.45, 2.75) is 44.2 Å². The van der Waals surface area contributed by atoms with Gasteiger partial charge in [-0.05, 0) is 44.0 Å². The quantitative estimate of drug-likeness (QED) is 0.786. The maximum Gasteiger partial charge on any atom is 0.256 e. The van der Waals surface area contributed by atoms with Crippen LogP contribution in [0.4, 0.5) is 0 Å². The first-order valence-corrected chi connectivity index (χ1v) is 10.7. The van der Waals surface area contributed by atoms with Gasteiger partial charge in [-0.1, -0.05) is 24.3 Å². The van der Waals surface area contributed by atoms with Crippen LogP contribution in [0.3, 0.4) is 0 Å². The number of nitrogens with zero attached hydrogens (tertiary/aromatic N) is 4. The predicted molar refractivity (Wildman–Crippen MR) is 109 cm³/mol. The van der Waals surface area contributed by atoms with Gasteiger partial charge in [-0.2, -0.15) is 0 Å². The molecule has 6 heteroatoms. The van der Waals surface area contributed by atoms with Crippen molar-refractivity contribution in [2.24, 2.45) is 0 Å². The van der Waals surface area contributed by atoms with Crippen LogP contribution >= 0.6 is 0 Å². The van der Waals surface area contributed by atoms with E-state index in [1.165, 1.54) is 12.0 Å². The van der Waals surface area contributed by atoms with E-state index in [2.05, 4.69) is 23.0 Å². The molecule has 0 N–H and O–H groups in total. The molecule has 152 valence electrons. The van der Waals surface area contributed by atoms with Gasteiger partial charge in [0.05, 0.1) is 12.3 Å². The van der Waals surface area contributed by atoms with Crippen molar-refractivity contribution in [1.82, 2.24) is 19.8 Å². The summed E-state index contributed by atoms with van der Waals surface area (Å²) in [6.45, 7) is 4.04. The number of hydrogen-bond donors (Lipinski definition) is 0. The van der Waals surface area contributed by atoms with Crippen LogP contribution in [0.1, 0.15) is 53.1 Å². The summed E-state index contributed by atoms with van der Waals surface area (Å²) in [5.41, 5.74) is 4.42. The zero-order valence-electron chi connectivity index (χ0n) is 17.0. The minimum Gasteiger partial charge on any atom is -0.363 e. The van der Waals surface area contributed by atoms with Gasteiger partial charge in [0.15, 0.2) is 6.10 Å². The first-order valence-electron chi connectivity index (χ1n) is 10.7. The Bertz CT molecular complexity index is 916. The zero-order valence-corrected chi connectivity index (χ0v) is 17.0. The molecule has 2 aromatic rings. The van der Waals surface area contributed by atoms with Crippen LogP contribution in [0.2, 0.25) is 0 Å². The van der Waals surface area contributed by atoms with Crippen LogP contribution in [-0.2, 0) is 28.9 Å². The van der Waals surface area contributed by atoms with Crippen LogP contribution in [0.5, 0.6) is 0 Å². The van der Waals surface area contributed by atoms with E-state index in [1.807, 2.05) is 29.3 Å². The molecule has 2 atom stereocenters. The van der Waals surface area contributed by atoms with Crippen molar-refractivity contribution in [3.05, 3.63) is 58.7 Å². The van der Waals surface area contributed by atoms with Gasteiger partial charge >= 0.3 is 0 Å². The molecule has 1 fully saturated rings. The van der Waals surface area contributed by atoms with Crippen molar-refractivity contribution in [3.8, 4) is 0 Å². The van der Waals surface area contributed by atoms with Crippen LogP contribution < -0.4 is 0 Å². The Morgan fingerprint density at radius 3 is 2.97 bits per heavy atom. The van der Waals surface area contributed by atoms with Crippen LogP contribution in [0, 0.1) is 0 Å². The number of amides is 1. The molecular weight excluding hydrogens is 364 g/mol. The SMILES string of the molecule is CN1CCC[C@@H](c2ncc3c(n2)CCN(C(=O)[C@@H]2OCCc4ccccc42)C3)C1. The van der Waals surface area contributed by atoms with Crippen molar-refractivity contribution in [1.29, 1.82) is 0 Å². The minimum atomic E-state index is -0.487. The first-order chi connectivity index (χ1) is 14.2. The number of fused-ring (bicyclic) bond motifs is 2. The molecule has 3 aliphatic rings. The van der Waals surface area contributed by atoms with Crippen molar-refractivity contribution >= 4 is 5.91 Å². The smallest absolute Gasteiger partial charge is 0.256 e. The fourth-order valence-electron chi connectivity index (χ4n) is 4.86. The second-order valence-corrected chi connectivity index (χ2v) is 8.51. The lowest BCUT2D eigenvalue weighted by molar-refractivity contribution is -0.146. The molecule has 4 heterocycles.